The maximum absolute atomic E-state index is 12.3. The van der Waals surface area contributed by atoms with Crippen LogP contribution in [0.5, 0.6) is 0 Å². The van der Waals surface area contributed by atoms with Gasteiger partial charge in [-0.3, -0.25) is 4.90 Å². The van der Waals surface area contributed by atoms with Crippen LogP contribution in [0.15, 0.2) is 0 Å². The van der Waals surface area contributed by atoms with Gasteiger partial charge in [0.15, 0.2) is 0 Å². The van der Waals surface area contributed by atoms with Crippen molar-refractivity contribution in [1.29, 1.82) is 0 Å². The minimum Gasteiger partial charge on any atom is -0.444 e. The van der Waals surface area contributed by atoms with E-state index in [2.05, 4.69) is 0 Å². The molecule has 0 aromatic carbocycles. The van der Waals surface area contributed by atoms with Crippen molar-refractivity contribution in [1.82, 2.24) is 4.90 Å². The summed E-state index contributed by atoms with van der Waals surface area (Å²) in [5.74, 6) is 0. The van der Waals surface area contributed by atoms with Gasteiger partial charge in [-0.15, -0.1) is 0 Å². The van der Waals surface area contributed by atoms with Gasteiger partial charge in [0.1, 0.15) is 5.60 Å². The molecule has 98 valence electrons. The molecule has 0 radical (unpaired) electrons. The highest BCUT2D eigenvalue weighted by atomic mass is 16.6. The topological polar surface area (TPSA) is 55.6 Å². The summed E-state index contributed by atoms with van der Waals surface area (Å²) in [6, 6.07) is 0.289. The zero-order chi connectivity index (χ0) is 12.7. The maximum atomic E-state index is 12.3. The van der Waals surface area contributed by atoms with Crippen LogP contribution >= 0.6 is 0 Å². The first-order chi connectivity index (χ1) is 7.88. The van der Waals surface area contributed by atoms with E-state index < -0.39 is 5.60 Å². The van der Waals surface area contributed by atoms with Crippen LogP contribution < -0.4 is 5.73 Å². The van der Waals surface area contributed by atoms with Gasteiger partial charge in [-0.05, 0) is 59.4 Å². The standard InChI is InChI=1S/C13H24N2O2/c1-12(2,3)17-11(16)15-10(5-9-14)4-6-13(15)7-8-13/h10H,4-9,14H2,1-3H3/t10-/m0/s1. The molecule has 4 heteroatoms. The molecule has 1 spiro atoms. The van der Waals surface area contributed by atoms with Crippen LogP contribution in [-0.4, -0.2) is 34.7 Å². The fraction of sp³-hybridized carbons (Fsp3) is 0.923. The van der Waals surface area contributed by atoms with Gasteiger partial charge in [0, 0.05) is 11.6 Å². The largest absolute Gasteiger partial charge is 0.444 e. The number of carbonyl (C=O) groups is 1. The number of nitrogens with two attached hydrogens (primary N) is 1. The quantitative estimate of drug-likeness (QED) is 0.805. The Bertz CT molecular complexity index is 305. The van der Waals surface area contributed by atoms with Gasteiger partial charge in [0.25, 0.3) is 0 Å². The van der Waals surface area contributed by atoms with Crippen LogP contribution in [0.1, 0.15) is 52.9 Å². The van der Waals surface area contributed by atoms with Gasteiger partial charge >= 0.3 is 6.09 Å². The molecular formula is C13H24N2O2. The molecule has 0 aromatic heterocycles. The Morgan fingerprint density at radius 1 is 1.41 bits per heavy atom. The maximum Gasteiger partial charge on any atom is 0.411 e. The lowest BCUT2D eigenvalue weighted by atomic mass is 10.1. The second-order valence-electron chi connectivity index (χ2n) is 6.34. The number of amides is 1. The summed E-state index contributed by atoms with van der Waals surface area (Å²) in [6.07, 6.45) is 5.21. The summed E-state index contributed by atoms with van der Waals surface area (Å²) >= 11 is 0. The minimum absolute atomic E-state index is 0.127. The van der Waals surface area contributed by atoms with Crippen molar-refractivity contribution in [2.75, 3.05) is 6.54 Å². The number of hydrogen-bond donors (Lipinski definition) is 1. The Kier molecular flexibility index (Phi) is 3.10. The third-order valence-electron chi connectivity index (χ3n) is 3.74. The van der Waals surface area contributed by atoms with Crippen LogP contribution in [-0.2, 0) is 4.74 Å². The predicted octanol–water partition coefficient (Wildman–Crippen LogP) is 2.27. The van der Waals surface area contributed by atoms with E-state index in [1.807, 2.05) is 25.7 Å². The average molecular weight is 240 g/mol. The Morgan fingerprint density at radius 2 is 2.06 bits per heavy atom. The van der Waals surface area contributed by atoms with Crippen LogP contribution in [0.2, 0.25) is 0 Å². The number of rotatable bonds is 2. The van der Waals surface area contributed by atoms with Crippen molar-refractivity contribution >= 4 is 6.09 Å². The second-order valence-corrected chi connectivity index (χ2v) is 6.34. The monoisotopic (exact) mass is 240 g/mol. The first-order valence-electron chi connectivity index (χ1n) is 6.60. The van der Waals surface area contributed by atoms with Gasteiger partial charge in [-0.1, -0.05) is 0 Å². The molecule has 2 fully saturated rings. The van der Waals surface area contributed by atoms with Gasteiger partial charge in [0.2, 0.25) is 0 Å². The fourth-order valence-corrected chi connectivity index (χ4v) is 2.83. The van der Waals surface area contributed by atoms with Gasteiger partial charge in [-0.25, -0.2) is 4.79 Å². The van der Waals surface area contributed by atoms with Crippen molar-refractivity contribution in [2.45, 2.75) is 70.1 Å². The zero-order valence-corrected chi connectivity index (χ0v) is 11.2. The first-order valence-corrected chi connectivity index (χ1v) is 6.60. The summed E-state index contributed by atoms with van der Waals surface area (Å²) in [7, 11) is 0. The molecule has 0 unspecified atom stereocenters. The Labute approximate surface area is 103 Å². The number of nitrogens with zero attached hydrogens (tertiary/aromatic N) is 1. The molecule has 1 saturated heterocycles. The van der Waals surface area contributed by atoms with E-state index in [0.29, 0.717) is 6.54 Å². The number of carbonyl (C=O) groups excluding carboxylic acids is 1. The minimum atomic E-state index is -0.414. The molecule has 0 aromatic rings. The lowest BCUT2D eigenvalue weighted by Gasteiger charge is -2.32. The summed E-state index contributed by atoms with van der Waals surface area (Å²) < 4.78 is 5.52. The smallest absolute Gasteiger partial charge is 0.411 e. The third-order valence-corrected chi connectivity index (χ3v) is 3.74. The first kappa shape index (κ1) is 12.7. The van der Waals surface area contributed by atoms with E-state index in [-0.39, 0.29) is 17.7 Å². The van der Waals surface area contributed by atoms with Crippen molar-refractivity contribution < 1.29 is 9.53 Å². The number of likely N-dealkylation sites (tertiary alicyclic amines) is 1. The van der Waals surface area contributed by atoms with E-state index in [9.17, 15) is 4.79 Å². The molecule has 2 N–H and O–H groups in total. The summed E-state index contributed by atoms with van der Waals surface area (Å²) in [6.45, 7) is 6.38. The van der Waals surface area contributed by atoms with Crippen molar-refractivity contribution in [3.63, 3.8) is 0 Å². The zero-order valence-electron chi connectivity index (χ0n) is 11.2. The summed E-state index contributed by atoms with van der Waals surface area (Å²) in [4.78, 5) is 14.3. The second kappa shape index (κ2) is 4.16. The lowest BCUT2D eigenvalue weighted by molar-refractivity contribution is 0.0114. The van der Waals surface area contributed by atoms with Crippen molar-refractivity contribution in [3.8, 4) is 0 Å². The Hall–Kier alpha value is -0.770. The Morgan fingerprint density at radius 3 is 2.53 bits per heavy atom. The number of hydrogen-bond acceptors (Lipinski definition) is 3. The molecular weight excluding hydrogens is 216 g/mol. The predicted molar refractivity (Wildman–Crippen MR) is 66.7 cm³/mol. The third kappa shape index (κ3) is 2.57. The van der Waals surface area contributed by atoms with Crippen LogP contribution in [0, 0.1) is 0 Å². The normalized spacial score (nSPS) is 26.4. The van der Waals surface area contributed by atoms with E-state index in [1.165, 1.54) is 0 Å². The van der Waals surface area contributed by atoms with Crippen molar-refractivity contribution in [3.05, 3.63) is 0 Å². The fourth-order valence-electron chi connectivity index (χ4n) is 2.83. The molecule has 2 aliphatic rings. The van der Waals surface area contributed by atoms with Crippen LogP contribution in [0.4, 0.5) is 4.79 Å². The highest BCUT2D eigenvalue weighted by molar-refractivity contribution is 5.71. The van der Waals surface area contributed by atoms with Crippen LogP contribution in [0.25, 0.3) is 0 Å². The van der Waals surface area contributed by atoms with Gasteiger partial charge in [-0.2, -0.15) is 0 Å². The summed E-state index contributed by atoms with van der Waals surface area (Å²) in [5, 5.41) is 0. The van der Waals surface area contributed by atoms with E-state index in [0.717, 1.165) is 32.1 Å². The molecule has 0 bridgehead atoms. The van der Waals surface area contributed by atoms with Gasteiger partial charge < -0.3 is 10.5 Å². The molecule has 1 aliphatic carbocycles. The molecule has 1 atom stereocenters. The molecule has 2 rings (SSSR count). The highest BCUT2D eigenvalue weighted by Gasteiger charge is 2.57. The highest BCUT2D eigenvalue weighted by Crippen LogP contribution is 2.52. The van der Waals surface area contributed by atoms with Gasteiger partial charge in [0.05, 0.1) is 0 Å². The molecule has 1 aliphatic heterocycles. The molecule has 1 saturated carbocycles. The van der Waals surface area contributed by atoms with Crippen LogP contribution in [0.3, 0.4) is 0 Å². The van der Waals surface area contributed by atoms with Crippen molar-refractivity contribution in [2.24, 2.45) is 5.73 Å². The number of ether oxygens (including phenoxy) is 1. The SMILES string of the molecule is CC(C)(C)OC(=O)N1[C@H](CCN)CCC12CC2. The molecule has 1 heterocycles. The molecule has 17 heavy (non-hydrogen) atoms. The van der Waals surface area contributed by atoms with E-state index in [1.54, 1.807) is 0 Å². The summed E-state index contributed by atoms with van der Waals surface area (Å²) in [5.41, 5.74) is 5.34. The Balaban J connectivity index is 2.07. The van der Waals surface area contributed by atoms with E-state index in [4.69, 9.17) is 10.5 Å². The lowest BCUT2D eigenvalue weighted by Crippen LogP contribution is -2.46. The van der Waals surface area contributed by atoms with E-state index >= 15 is 0 Å². The average Bonchev–Trinajstić information content (AvgIpc) is 2.82. The molecule has 1 amide bonds. The molecule has 4 nitrogen and oxygen atoms in total.